The topological polar surface area (TPSA) is 42.8 Å². The summed E-state index contributed by atoms with van der Waals surface area (Å²) in [7, 11) is 3.26. The van der Waals surface area contributed by atoms with Crippen LogP contribution in [0.5, 0.6) is 11.5 Å². The van der Waals surface area contributed by atoms with E-state index < -0.39 is 0 Å². The highest BCUT2D eigenvalue weighted by atomic mass is 79.9. The molecule has 0 aliphatic carbocycles. The Kier molecular flexibility index (Phi) is 6.04. The molecule has 0 unspecified atom stereocenters. The standard InChI is InChI=1S/C18H21BrN2O2/c1-12-9-15(6-7-16(12)19)13(2)21-20-11-14-5-8-17(22-3)18(10-14)23-4/h5-10,20H,11H2,1-4H3/b21-13+. The molecule has 0 saturated carbocycles. The Hall–Kier alpha value is -2.01. The van der Waals surface area contributed by atoms with Gasteiger partial charge in [-0.1, -0.05) is 28.1 Å². The van der Waals surface area contributed by atoms with Crippen LogP contribution in [0.4, 0.5) is 0 Å². The fourth-order valence-electron chi connectivity index (χ4n) is 2.17. The Bertz CT molecular complexity index is 714. The van der Waals surface area contributed by atoms with Crippen LogP contribution in [-0.4, -0.2) is 19.9 Å². The zero-order chi connectivity index (χ0) is 16.8. The van der Waals surface area contributed by atoms with Crippen molar-refractivity contribution in [1.82, 2.24) is 5.43 Å². The maximum absolute atomic E-state index is 5.30. The smallest absolute Gasteiger partial charge is 0.161 e. The first kappa shape index (κ1) is 17.3. The van der Waals surface area contributed by atoms with Crippen LogP contribution in [0.2, 0.25) is 0 Å². The Morgan fingerprint density at radius 1 is 1.09 bits per heavy atom. The second-order valence-electron chi connectivity index (χ2n) is 5.19. The van der Waals surface area contributed by atoms with Gasteiger partial charge in [0, 0.05) is 4.47 Å². The summed E-state index contributed by atoms with van der Waals surface area (Å²) in [5, 5.41) is 4.44. The Balaban J connectivity index is 2.04. The van der Waals surface area contributed by atoms with Crippen molar-refractivity contribution in [3.05, 3.63) is 57.6 Å². The normalized spacial score (nSPS) is 11.3. The lowest BCUT2D eigenvalue weighted by molar-refractivity contribution is 0.354. The van der Waals surface area contributed by atoms with Gasteiger partial charge in [0.1, 0.15) is 0 Å². The number of nitrogens with one attached hydrogen (secondary N) is 1. The van der Waals surface area contributed by atoms with E-state index in [0.717, 1.165) is 32.8 Å². The summed E-state index contributed by atoms with van der Waals surface area (Å²) in [6.45, 7) is 4.68. The van der Waals surface area contributed by atoms with Crippen LogP contribution in [0, 0.1) is 6.92 Å². The molecule has 0 atom stereocenters. The van der Waals surface area contributed by atoms with Gasteiger partial charge in [-0.05, 0) is 54.8 Å². The van der Waals surface area contributed by atoms with Crippen LogP contribution in [0.25, 0.3) is 0 Å². The fourth-order valence-corrected chi connectivity index (χ4v) is 2.42. The molecule has 4 nitrogen and oxygen atoms in total. The molecule has 0 radical (unpaired) electrons. The molecule has 0 saturated heterocycles. The van der Waals surface area contributed by atoms with E-state index >= 15 is 0 Å². The summed E-state index contributed by atoms with van der Waals surface area (Å²) in [4.78, 5) is 0. The lowest BCUT2D eigenvalue weighted by Gasteiger charge is -2.10. The minimum absolute atomic E-state index is 0.618. The zero-order valence-corrected chi connectivity index (χ0v) is 15.4. The third-order valence-corrected chi connectivity index (χ3v) is 4.44. The number of methoxy groups -OCH3 is 2. The molecule has 0 aliphatic heterocycles. The predicted molar refractivity (Wildman–Crippen MR) is 97.5 cm³/mol. The van der Waals surface area contributed by atoms with Gasteiger partial charge in [-0.15, -0.1) is 0 Å². The molecule has 5 heteroatoms. The van der Waals surface area contributed by atoms with Crippen LogP contribution >= 0.6 is 15.9 Å². The molecule has 0 aromatic heterocycles. The van der Waals surface area contributed by atoms with Crippen molar-refractivity contribution in [1.29, 1.82) is 0 Å². The first-order chi connectivity index (χ1) is 11.0. The van der Waals surface area contributed by atoms with Crippen molar-refractivity contribution in [2.75, 3.05) is 14.2 Å². The number of rotatable bonds is 6. The van der Waals surface area contributed by atoms with E-state index in [0.29, 0.717) is 6.54 Å². The van der Waals surface area contributed by atoms with Crippen molar-refractivity contribution in [3.63, 3.8) is 0 Å². The largest absolute Gasteiger partial charge is 0.493 e. The number of ether oxygens (including phenoxy) is 2. The first-order valence-corrected chi connectivity index (χ1v) is 8.09. The summed E-state index contributed by atoms with van der Waals surface area (Å²) in [5.41, 5.74) is 7.42. The quantitative estimate of drug-likeness (QED) is 0.603. The van der Waals surface area contributed by atoms with Gasteiger partial charge in [0.05, 0.1) is 26.5 Å². The molecule has 23 heavy (non-hydrogen) atoms. The molecule has 0 amide bonds. The summed E-state index contributed by atoms with van der Waals surface area (Å²) in [6.07, 6.45) is 0. The molecule has 1 N–H and O–H groups in total. The molecule has 0 heterocycles. The predicted octanol–water partition coefficient (Wildman–Crippen LogP) is 4.29. The molecule has 122 valence electrons. The number of nitrogens with zero attached hydrogens (tertiary/aromatic N) is 1. The van der Waals surface area contributed by atoms with Crippen molar-refractivity contribution >= 4 is 21.6 Å². The van der Waals surface area contributed by atoms with E-state index in [1.165, 1.54) is 5.56 Å². The maximum atomic E-state index is 5.30. The molecule has 0 aliphatic rings. The van der Waals surface area contributed by atoms with Gasteiger partial charge in [0.2, 0.25) is 0 Å². The number of hydrogen-bond donors (Lipinski definition) is 1. The number of halogens is 1. The van der Waals surface area contributed by atoms with Crippen molar-refractivity contribution in [2.24, 2.45) is 5.10 Å². The van der Waals surface area contributed by atoms with Gasteiger partial charge in [0.25, 0.3) is 0 Å². The summed E-state index contributed by atoms with van der Waals surface area (Å²) in [5.74, 6) is 1.44. The highest BCUT2D eigenvalue weighted by Crippen LogP contribution is 2.27. The van der Waals surface area contributed by atoms with Gasteiger partial charge in [-0.3, -0.25) is 0 Å². The van der Waals surface area contributed by atoms with Crippen LogP contribution in [0.1, 0.15) is 23.6 Å². The zero-order valence-electron chi connectivity index (χ0n) is 13.8. The van der Waals surface area contributed by atoms with Crippen LogP contribution in [0.3, 0.4) is 0 Å². The van der Waals surface area contributed by atoms with Gasteiger partial charge < -0.3 is 14.9 Å². The first-order valence-electron chi connectivity index (χ1n) is 7.29. The van der Waals surface area contributed by atoms with E-state index in [1.807, 2.05) is 37.3 Å². The number of hydrazone groups is 1. The molecular formula is C18H21BrN2O2. The van der Waals surface area contributed by atoms with E-state index in [-0.39, 0.29) is 0 Å². The Morgan fingerprint density at radius 2 is 1.83 bits per heavy atom. The van der Waals surface area contributed by atoms with E-state index in [9.17, 15) is 0 Å². The van der Waals surface area contributed by atoms with Gasteiger partial charge in [0.15, 0.2) is 11.5 Å². The van der Waals surface area contributed by atoms with Gasteiger partial charge >= 0.3 is 0 Å². The lowest BCUT2D eigenvalue weighted by Crippen LogP contribution is -2.09. The number of benzene rings is 2. The van der Waals surface area contributed by atoms with E-state index in [2.05, 4.69) is 39.4 Å². The third-order valence-electron chi connectivity index (χ3n) is 3.55. The molecule has 2 aromatic carbocycles. The average Bonchev–Trinajstić information content (AvgIpc) is 2.57. The minimum Gasteiger partial charge on any atom is -0.493 e. The molecule has 2 rings (SSSR count). The molecule has 2 aromatic rings. The average molecular weight is 377 g/mol. The van der Waals surface area contributed by atoms with Crippen LogP contribution < -0.4 is 14.9 Å². The summed E-state index contributed by atoms with van der Waals surface area (Å²) in [6, 6.07) is 12.0. The highest BCUT2D eigenvalue weighted by Gasteiger charge is 2.04. The van der Waals surface area contributed by atoms with Crippen molar-refractivity contribution in [2.45, 2.75) is 20.4 Å². The van der Waals surface area contributed by atoms with Crippen molar-refractivity contribution in [3.8, 4) is 11.5 Å². The Labute approximate surface area is 145 Å². The monoisotopic (exact) mass is 376 g/mol. The molecular weight excluding hydrogens is 356 g/mol. The second kappa shape index (κ2) is 8.02. The highest BCUT2D eigenvalue weighted by molar-refractivity contribution is 9.10. The maximum Gasteiger partial charge on any atom is 0.161 e. The molecule has 0 spiro atoms. The lowest BCUT2D eigenvalue weighted by atomic mass is 10.1. The van der Waals surface area contributed by atoms with Crippen molar-refractivity contribution < 1.29 is 9.47 Å². The molecule has 0 bridgehead atoms. The Morgan fingerprint density at radius 3 is 2.48 bits per heavy atom. The number of aryl methyl sites for hydroxylation is 1. The molecule has 0 fully saturated rings. The number of hydrogen-bond acceptors (Lipinski definition) is 4. The van der Waals surface area contributed by atoms with Crippen LogP contribution in [0.15, 0.2) is 46.0 Å². The van der Waals surface area contributed by atoms with E-state index in [1.54, 1.807) is 14.2 Å². The SMILES string of the molecule is COc1ccc(CN/N=C(\C)c2ccc(Br)c(C)c2)cc1OC. The van der Waals surface area contributed by atoms with Gasteiger partial charge in [-0.25, -0.2) is 0 Å². The summed E-state index contributed by atoms with van der Waals surface area (Å²) >= 11 is 3.51. The van der Waals surface area contributed by atoms with E-state index in [4.69, 9.17) is 9.47 Å². The van der Waals surface area contributed by atoms with Crippen LogP contribution in [-0.2, 0) is 6.54 Å². The third kappa shape index (κ3) is 4.48. The summed E-state index contributed by atoms with van der Waals surface area (Å²) < 4.78 is 11.6. The second-order valence-corrected chi connectivity index (χ2v) is 6.04. The fraction of sp³-hybridized carbons (Fsp3) is 0.278. The van der Waals surface area contributed by atoms with Gasteiger partial charge in [-0.2, -0.15) is 5.10 Å². The minimum atomic E-state index is 0.618.